The highest BCUT2D eigenvalue weighted by molar-refractivity contribution is 5.97. The van der Waals surface area contributed by atoms with Crippen LogP contribution in [0, 0.1) is 6.92 Å². The molecule has 0 bridgehead atoms. The number of benzene rings is 1. The van der Waals surface area contributed by atoms with Gasteiger partial charge in [-0.2, -0.15) is 0 Å². The predicted molar refractivity (Wildman–Crippen MR) is 92.5 cm³/mol. The minimum atomic E-state index is -0.298. The first-order valence-electron chi connectivity index (χ1n) is 8.21. The van der Waals surface area contributed by atoms with Gasteiger partial charge in [0.1, 0.15) is 5.58 Å². The molecule has 2 aromatic rings. The second kappa shape index (κ2) is 5.10. The number of amides is 1. The lowest BCUT2D eigenvalue weighted by Crippen LogP contribution is -2.65. The third kappa shape index (κ3) is 2.76. The van der Waals surface area contributed by atoms with E-state index >= 15 is 0 Å². The molecule has 3 rings (SSSR count). The highest BCUT2D eigenvalue weighted by Crippen LogP contribution is 2.39. The molecule has 0 atom stereocenters. The second-order valence-corrected chi connectivity index (χ2v) is 8.09. The first kappa shape index (κ1) is 16.1. The summed E-state index contributed by atoms with van der Waals surface area (Å²) in [7, 11) is 0. The number of likely N-dealkylation sites (tertiary alicyclic amines) is 1. The molecule has 1 aromatic carbocycles. The first-order chi connectivity index (χ1) is 10.6. The number of nitrogens with zero attached hydrogens (tertiary/aromatic N) is 1. The monoisotopic (exact) mass is 314 g/mol. The van der Waals surface area contributed by atoms with E-state index in [-0.39, 0.29) is 23.0 Å². The van der Waals surface area contributed by atoms with E-state index in [1.807, 2.05) is 36.1 Å². The summed E-state index contributed by atoms with van der Waals surface area (Å²) in [6, 6.07) is 7.95. The van der Waals surface area contributed by atoms with Crippen LogP contribution >= 0.6 is 0 Å². The normalized spacial score (nSPS) is 20.9. The van der Waals surface area contributed by atoms with Gasteiger partial charge in [-0.25, -0.2) is 0 Å². The van der Waals surface area contributed by atoms with Gasteiger partial charge in [0.2, 0.25) is 0 Å². The van der Waals surface area contributed by atoms with E-state index in [4.69, 9.17) is 10.2 Å². The molecule has 1 aliphatic heterocycles. The molecule has 23 heavy (non-hydrogen) atoms. The SMILES string of the molecule is Cc1ccc2cc(C(=O)N3C(C)(C)CC(N)CC3(C)C)oc2c1. The molecule has 0 unspecified atom stereocenters. The van der Waals surface area contributed by atoms with Crippen LogP contribution in [0.15, 0.2) is 28.7 Å². The van der Waals surface area contributed by atoms with Crippen molar-refractivity contribution >= 4 is 16.9 Å². The molecule has 1 aliphatic rings. The second-order valence-electron chi connectivity index (χ2n) is 8.09. The maximum absolute atomic E-state index is 13.2. The van der Waals surface area contributed by atoms with Crippen LogP contribution in [0.2, 0.25) is 0 Å². The quantitative estimate of drug-likeness (QED) is 0.869. The number of fused-ring (bicyclic) bond motifs is 1. The van der Waals surface area contributed by atoms with Crippen LogP contribution in [0.3, 0.4) is 0 Å². The number of carbonyl (C=O) groups excluding carboxylic acids is 1. The molecule has 4 nitrogen and oxygen atoms in total. The van der Waals surface area contributed by atoms with E-state index in [0.29, 0.717) is 5.76 Å². The molecule has 1 fully saturated rings. The molecular formula is C19H26N2O2. The Kier molecular flexibility index (Phi) is 3.56. The van der Waals surface area contributed by atoms with E-state index in [0.717, 1.165) is 29.4 Å². The summed E-state index contributed by atoms with van der Waals surface area (Å²) in [4.78, 5) is 15.1. The number of hydrogen-bond acceptors (Lipinski definition) is 3. The lowest BCUT2D eigenvalue weighted by Gasteiger charge is -2.54. The van der Waals surface area contributed by atoms with E-state index < -0.39 is 0 Å². The Hall–Kier alpha value is -1.81. The van der Waals surface area contributed by atoms with Gasteiger partial charge in [0.05, 0.1) is 0 Å². The van der Waals surface area contributed by atoms with Gasteiger partial charge >= 0.3 is 0 Å². The van der Waals surface area contributed by atoms with Crippen LogP contribution in [-0.4, -0.2) is 27.9 Å². The molecular weight excluding hydrogens is 288 g/mol. The number of furan rings is 1. The molecule has 124 valence electrons. The molecule has 4 heteroatoms. The molecule has 1 aromatic heterocycles. The van der Waals surface area contributed by atoms with Crippen molar-refractivity contribution in [2.45, 2.75) is 64.6 Å². The fourth-order valence-electron chi connectivity index (χ4n) is 4.26. The van der Waals surface area contributed by atoms with Gasteiger partial charge in [0.25, 0.3) is 5.91 Å². The van der Waals surface area contributed by atoms with Gasteiger partial charge < -0.3 is 15.1 Å². The first-order valence-corrected chi connectivity index (χ1v) is 8.21. The van der Waals surface area contributed by atoms with E-state index in [9.17, 15) is 4.79 Å². The Bertz CT molecular complexity index is 740. The van der Waals surface area contributed by atoms with E-state index in [1.165, 1.54) is 0 Å². The summed E-state index contributed by atoms with van der Waals surface area (Å²) in [6.45, 7) is 10.3. The molecule has 1 saturated heterocycles. The Morgan fingerprint density at radius 3 is 2.39 bits per heavy atom. The molecule has 1 amide bonds. The average molecular weight is 314 g/mol. The summed E-state index contributed by atoms with van der Waals surface area (Å²) in [5.74, 6) is 0.350. The number of hydrogen-bond donors (Lipinski definition) is 1. The van der Waals surface area contributed by atoms with Crippen LogP contribution in [0.4, 0.5) is 0 Å². The summed E-state index contributed by atoms with van der Waals surface area (Å²) < 4.78 is 5.85. The highest BCUT2D eigenvalue weighted by atomic mass is 16.3. The Balaban J connectivity index is 2.02. The zero-order chi connectivity index (χ0) is 17.0. The van der Waals surface area contributed by atoms with Crippen molar-refractivity contribution < 1.29 is 9.21 Å². The Morgan fingerprint density at radius 2 is 1.78 bits per heavy atom. The summed E-state index contributed by atoms with van der Waals surface area (Å²) in [5, 5.41) is 0.961. The van der Waals surface area contributed by atoms with Crippen LogP contribution in [0.1, 0.15) is 56.7 Å². The summed E-state index contributed by atoms with van der Waals surface area (Å²) in [6.07, 6.45) is 1.59. The third-order valence-corrected chi connectivity index (χ3v) is 4.82. The molecule has 2 N–H and O–H groups in total. The molecule has 0 aliphatic carbocycles. The fourth-order valence-corrected chi connectivity index (χ4v) is 4.26. The van der Waals surface area contributed by atoms with Gasteiger partial charge in [-0.05, 0) is 65.2 Å². The molecule has 0 spiro atoms. The maximum atomic E-state index is 13.2. The fraction of sp³-hybridized carbons (Fsp3) is 0.526. The number of piperidine rings is 1. The maximum Gasteiger partial charge on any atom is 0.290 e. The molecule has 0 saturated carbocycles. The van der Waals surface area contributed by atoms with Gasteiger partial charge in [-0.15, -0.1) is 0 Å². The van der Waals surface area contributed by atoms with Crippen molar-refractivity contribution in [1.29, 1.82) is 0 Å². The van der Waals surface area contributed by atoms with Crippen molar-refractivity contribution in [2.75, 3.05) is 0 Å². The van der Waals surface area contributed by atoms with E-state index in [1.54, 1.807) is 0 Å². The lowest BCUT2D eigenvalue weighted by atomic mass is 9.77. The summed E-state index contributed by atoms with van der Waals surface area (Å²) >= 11 is 0. The topological polar surface area (TPSA) is 59.5 Å². The van der Waals surface area contributed by atoms with Crippen LogP contribution in [0.25, 0.3) is 11.0 Å². The highest BCUT2D eigenvalue weighted by Gasteiger charge is 2.47. The van der Waals surface area contributed by atoms with Crippen LogP contribution in [0.5, 0.6) is 0 Å². The number of nitrogens with two attached hydrogens (primary N) is 1. The van der Waals surface area contributed by atoms with Crippen LogP contribution < -0.4 is 5.73 Å². The number of aryl methyl sites for hydroxylation is 1. The van der Waals surface area contributed by atoms with E-state index in [2.05, 4.69) is 27.7 Å². The smallest absolute Gasteiger partial charge is 0.290 e. The zero-order valence-electron chi connectivity index (χ0n) is 14.6. The largest absolute Gasteiger partial charge is 0.451 e. The predicted octanol–water partition coefficient (Wildman–Crippen LogP) is 3.86. The Labute approximate surface area is 137 Å². The van der Waals surface area contributed by atoms with Crippen molar-refractivity contribution in [3.05, 3.63) is 35.6 Å². The molecule has 0 radical (unpaired) electrons. The number of carbonyl (C=O) groups is 1. The lowest BCUT2D eigenvalue weighted by molar-refractivity contribution is -0.0192. The van der Waals surface area contributed by atoms with Crippen molar-refractivity contribution in [3.63, 3.8) is 0 Å². The molecule has 2 heterocycles. The van der Waals surface area contributed by atoms with Crippen molar-refractivity contribution in [2.24, 2.45) is 5.73 Å². The van der Waals surface area contributed by atoms with Gasteiger partial charge in [0, 0.05) is 22.5 Å². The zero-order valence-corrected chi connectivity index (χ0v) is 14.6. The minimum Gasteiger partial charge on any atom is -0.451 e. The average Bonchev–Trinajstić information content (AvgIpc) is 2.77. The van der Waals surface area contributed by atoms with Crippen molar-refractivity contribution in [1.82, 2.24) is 4.90 Å². The van der Waals surface area contributed by atoms with Gasteiger partial charge in [-0.3, -0.25) is 4.79 Å². The summed E-state index contributed by atoms with van der Waals surface area (Å²) in [5.41, 5.74) is 7.49. The van der Waals surface area contributed by atoms with Gasteiger partial charge in [-0.1, -0.05) is 12.1 Å². The van der Waals surface area contributed by atoms with Crippen molar-refractivity contribution in [3.8, 4) is 0 Å². The number of rotatable bonds is 1. The van der Waals surface area contributed by atoms with Crippen LogP contribution in [-0.2, 0) is 0 Å². The minimum absolute atomic E-state index is 0.0549. The van der Waals surface area contributed by atoms with Gasteiger partial charge in [0.15, 0.2) is 5.76 Å². The Morgan fingerprint density at radius 1 is 1.17 bits per heavy atom. The standard InChI is InChI=1S/C19H26N2O2/c1-12-6-7-13-9-16(23-15(13)8-12)17(22)21-18(2,3)10-14(20)11-19(21,4)5/h6-9,14H,10-11,20H2,1-5H3. The third-order valence-electron chi connectivity index (χ3n) is 4.82.